The number of aromatic nitrogens is 7. The van der Waals surface area contributed by atoms with Crippen molar-refractivity contribution in [1.29, 1.82) is 0 Å². The molecule has 0 aliphatic rings. The summed E-state index contributed by atoms with van der Waals surface area (Å²) in [5.41, 5.74) is 4.58. The molecule has 5 heterocycles. The van der Waals surface area contributed by atoms with Gasteiger partial charge in [-0.15, -0.1) is 0 Å². The molecule has 0 atom stereocenters. The third kappa shape index (κ3) is 3.64. The molecule has 0 aromatic carbocycles. The first-order valence-corrected chi connectivity index (χ1v) is 9.31. The second-order valence-electron chi connectivity index (χ2n) is 6.42. The third-order valence-electron chi connectivity index (χ3n) is 4.41. The summed E-state index contributed by atoms with van der Waals surface area (Å²) < 4.78 is 0. The zero-order valence-electron chi connectivity index (χ0n) is 15.8. The molecule has 0 amide bonds. The minimum atomic E-state index is 0.575. The second kappa shape index (κ2) is 7.92. The Labute approximate surface area is 172 Å². The lowest BCUT2D eigenvalue weighted by Crippen LogP contribution is -1.97. The molecule has 7 nitrogen and oxygen atoms in total. The topological polar surface area (TPSA) is 90.2 Å². The molecular formula is C23H15N7. The molecule has 142 valence electrons. The second-order valence-corrected chi connectivity index (χ2v) is 6.42. The Bertz CT molecular complexity index is 1200. The lowest BCUT2D eigenvalue weighted by Gasteiger charge is -2.08. The lowest BCUT2D eigenvalue weighted by atomic mass is 10.1. The molecule has 0 N–H and O–H groups in total. The van der Waals surface area contributed by atoms with Crippen molar-refractivity contribution in [2.75, 3.05) is 0 Å². The van der Waals surface area contributed by atoms with Crippen LogP contribution in [0.25, 0.3) is 45.6 Å². The molecule has 0 saturated heterocycles. The van der Waals surface area contributed by atoms with Gasteiger partial charge in [0.25, 0.3) is 0 Å². The van der Waals surface area contributed by atoms with Crippen molar-refractivity contribution in [2.24, 2.45) is 0 Å². The van der Waals surface area contributed by atoms with Crippen LogP contribution in [0.3, 0.4) is 0 Å². The Morgan fingerprint density at radius 2 is 0.967 bits per heavy atom. The van der Waals surface area contributed by atoms with E-state index >= 15 is 0 Å². The summed E-state index contributed by atoms with van der Waals surface area (Å²) in [7, 11) is 0. The van der Waals surface area contributed by atoms with Crippen LogP contribution in [-0.4, -0.2) is 34.9 Å². The van der Waals surface area contributed by atoms with E-state index < -0.39 is 0 Å². The third-order valence-corrected chi connectivity index (χ3v) is 4.41. The number of rotatable bonds is 4. The normalized spacial score (nSPS) is 10.7. The first-order chi connectivity index (χ1) is 14.9. The van der Waals surface area contributed by atoms with E-state index in [1.54, 1.807) is 43.2 Å². The molecule has 0 unspecified atom stereocenters. The summed E-state index contributed by atoms with van der Waals surface area (Å²) in [5, 5.41) is 0. The number of nitrogens with zero attached hydrogens (tertiary/aromatic N) is 7. The highest BCUT2D eigenvalue weighted by atomic mass is 14.9. The highest BCUT2D eigenvalue weighted by molar-refractivity contribution is 5.71. The van der Waals surface area contributed by atoms with Crippen LogP contribution in [0.15, 0.2) is 91.8 Å². The summed E-state index contributed by atoms with van der Waals surface area (Å²) in [4.78, 5) is 31.2. The standard InChI is InChI=1S/C23H15N7/c1-3-8-24-18(6-1)20-12-16(13-21(30-20)19-7-2-4-9-25-19)22-28-14-17(15-29-22)23-26-10-5-11-27-23/h1-15H. The van der Waals surface area contributed by atoms with Crippen molar-refractivity contribution < 1.29 is 0 Å². The predicted molar refractivity (Wildman–Crippen MR) is 113 cm³/mol. The summed E-state index contributed by atoms with van der Waals surface area (Å²) in [6.45, 7) is 0. The van der Waals surface area contributed by atoms with E-state index in [9.17, 15) is 0 Å². The maximum Gasteiger partial charge on any atom is 0.162 e. The molecule has 0 aliphatic heterocycles. The Balaban J connectivity index is 1.60. The maximum absolute atomic E-state index is 4.76. The minimum Gasteiger partial charge on any atom is -0.255 e. The van der Waals surface area contributed by atoms with Gasteiger partial charge in [0.2, 0.25) is 0 Å². The van der Waals surface area contributed by atoms with Crippen LogP contribution in [0.2, 0.25) is 0 Å². The number of hydrogen-bond acceptors (Lipinski definition) is 7. The largest absolute Gasteiger partial charge is 0.255 e. The summed E-state index contributed by atoms with van der Waals surface area (Å²) in [6, 6.07) is 17.1. The maximum atomic E-state index is 4.76. The Hall–Kier alpha value is -4.39. The smallest absolute Gasteiger partial charge is 0.162 e. The van der Waals surface area contributed by atoms with Gasteiger partial charge in [-0.25, -0.2) is 24.9 Å². The molecule has 30 heavy (non-hydrogen) atoms. The van der Waals surface area contributed by atoms with Crippen LogP contribution in [0, 0.1) is 0 Å². The van der Waals surface area contributed by atoms with Gasteiger partial charge in [-0.1, -0.05) is 12.1 Å². The Morgan fingerprint density at radius 3 is 1.50 bits per heavy atom. The van der Waals surface area contributed by atoms with Crippen molar-refractivity contribution in [3.63, 3.8) is 0 Å². The quantitative estimate of drug-likeness (QED) is 0.457. The monoisotopic (exact) mass is 389 g/mol. The Kier molecular flexibility index (Phi) is 4.67. The average molecular weight is 389 g/mol. The SMILES string of the molecule is c1ccc(-c2cc(-c3ncc(-c4ncccn4)cn3)cc(-c3ccccn3)n2)nc1. The van der Waals surface area contributed by atoms with Gasteiger partial charge >= 0.3 is 0 Å². The van der Waals surface area contributed by atoms with E-state index in [0.717, 1.165) is 33.9 Å². The predicted octanol–water partition coefficient (Wildman–Crippen LogP) is 4.12. The molecule has 7 heteroatoms. The molecule has 0 aliphatic carbocycles. The molecule has 0 radical (unpaired) electrons. The van der Waals surface area contributed by atoms with Crippen LogP contribution in [-0.2, 0) is 0 Å². The summed E-state index contributed by atoms with van der Waals surface area (Å²) >= 11 is 0. The molecule has 5 rings (SSSR count). The van der Waals surface area contributed by atoms with Crippen LogP contribution in [0.4, 0.5) is 0 Å². The van der Waals surface area contributed by atoms with Crippen molar-refractivity contribution in [2.45, 2.75) is 0 Å². The van der Waals surface area contributed by atoms with Gasteiger partial charge in [-0.3, -0.25) is 9.97 Å². The summed E-state index contributed by atoms with van der Waals surface area (Å²) in [5.74, 6) is 1.16. The van der Waals surface area contributed by atoms with E-state index in [1.807, 2.05) is 48.5 Å². The molecule has 5 aromatic heterocycles. The van der Waals surface area contributed by atoms with Gasteiger partial charge in [0.05, 0.1) is 28.3 Å². The molecule has 0 saturated carbocycles. The van der Waals surface area contributed by atoms with Crippen LogP contribution in [0.1, 0.15) is 0 Å². The van der Waals surface area contributed by atoms with Crippen LogP contribution >= 0.6 is 0 Å². The van der Waals surface area contributed by atoms with Crippen molar-refractivity contribution in [3.8, 4) is 45.6 Å². The van der Waals surface area contributed by atoms with Gasteiger partial charge in [0.15, 0.2) is 11.6 Å². The van der Waals surface area contributed by atoms with Gasteiger partial charge in [0.1, 0.15) is 0 Å². The van der Waals surface area contributed by atoms with Gasteiger partial charge in [0, 0.05) is 42.7 Å². The van der Waals surface area contributed by atoms with E-state index in [-0.39, 0.29) is 0 Å². The highest BCUT2D eigenvalue weighted by Crippen LogP contribution is 2.27. The zero-order valence-corrected chi connectivity index (χ0v) is 15.8. The first-order valence-electron chi connectivity index (χ1n) is 9.31. The molecule has 0 spiro atoms. The fourth-order valence-electron chi connectivity index (χ4n) is 2.99. The number of pyridine rings is 3. The molecule has 0 fully saturated rings. The van der Waals surface area contributed by atoms with Crippen molar-refractivity contribution in [1.82, 2.24) is 34.9 Å². The minimum absolute atomic E-state index is 0.575. The van der Waals surface area contributed by atoms with E-state index in [2.05, 4.69) is 29.9 Å². The van der Waals surface area contributed by atoms with Gasteiger partial charge in [-0.05, 0) is 42.5 Å². The summed E-state index contributed by atoms with van der Waals surface area (Å²) in [6.07, 6.45) is 10.3. The molecule has 5 aromatic rings. The van der Waals surface area contributed by atoms with Crippen molar-refractivity contribution in [3.05, 3.63) is 91.8 Å². The fourth-order valence-corrected chi connectivity index (χ4v) is 2.99. The van der Waals surface area contributed by atoms with Gasteiger partial charge < -0.3 is 0 Å². The number of hydrogen-bond donors (Lipinski definition) is 0. The molecule has 0 bridgehead atoms. The van der Waals surface area contributed by atoms with E-state index in [1.165, 1.54) is 0 Å². The van der Waals surface area contributed by atoms with Crippen LogP contribution < -0.4 is 0 Å². The Morgan fingerprint density at radius 1 is 0.433 bits per heavy atom. The average Bonchev–Trinajstić information content (AvgIpc) is 2.85. The highest BCUT2D eigenvalue weighted by Gasteiger charge is 2.12. The first kappa shape index (κ1) is 17.7. The fraction of sp³-hybridized carbons (Fsp3) is 0. The van der Waals surface area contributed by atoms with E-state index in [4.69, 9.17) is 4.98 Å². The van der Waals surface area contributed by atoms with Crippen LogP contribution in [0.5, 0.6) is 0 Å². The lowest BCUT2D eigenvalue weighted by molar-refractivity contribution is 1.12. The van der Waals surface area contributed by atoms with E-state index in [0.29, 0.717) is 11.6 Å². The van der Waals surface area contributed by atoms with Gasteiger partial charge in [-0.2, -0.15) is 0 Å². The zero-order chi connectivity index (χ0) is 20.2. The molecular weight excluding hydrogens is 374 g/mol. The van der Waals surface area contributed by atoms with Crippen molar-refractivity contribution >= 4 is 0 Å².